The second kappa shape index (κ2) is 3.78. The maximum absolute atomic E-state index is 5.77. The number of anilines is 1. The quantitative estimate of drug-likeness (QED) is 0.570. The monoisotopic (exact) mass is 189 g/mol. The van der Waals surface area contributed by atoms with Gasteiger partial charge in [-0.25, -0.2) is 9.97 Å². The van der Waals surface area contributed by atoms with E-state index >= 15 is 0 Å². The molecular formula is C6H8ClN3S. The van der Waals surface area contributed by atoms with E-state index < -0.39 is 0 Å². The molecular weight excluding hydrogens is 182 g/mol. The maximum atomic E-state index is 5.77. The predicted molar refractivity (Wildman–Crippen MR) is 47.9 cm³/mol. The number of nitrogen functional groups attached to an aromatic ring is 1. The molecule has 0 fully saturated rings. The van der Waals surface area contributed by atoms with E-state index in [-0.39, 0.29) is 5.95 Å². The standard InChI is InChI=1S/C6H8ClN3S/c1-2-11-5-4(7)3-9-6(8)10-5/h3H,2H2,1H3,(H2,8,9,10). The largest absolute Gasteiger partial charge is 0.368 e. The summed E-state index contributed by atoms with van der Waals surface area (Å²) in [5.74, 6) is 1.20. The summed E-state index contributed by atoms with van der Waals surface area (Å²) in [4.78, 5) is 7.70. The number of nitrogens with two attached hydrogens (primary N) is 1. The second-order valence-electron chi connectivity index (χ2n) is 1.81. The van der Waals surface area contributed by atoms with Crippen LogP contribution in [0, 0.1) is 0 Å². The molecule has 0 aliphatic heterocycles. The van der Waals surface area contributed by atoms with E-state index in [0.717, 1.165) is 10.8 Å². The third-order valence-corrected chi connectivity index (χ3v) is 2.27. The van der Waals surface area contributed by atoms with Gasteiger partial charge < -0.3 is 5.73 Å². The first-order valence-electron chi connectivity index (χ1n) is 3.15. The number of rotatable bonds is 2. The van der Waals surface area contributed by atoms with E-state index in [1.54, 1.807) is 11.8 Å². The predicted octanol–water partition coefficient (Wildman–Crippen LogP) is 1.82. The van der Waals surface area contributed by atoms with Crippen LogP contribution in [-0.2, 0) is 0 Å². The van der Waals surface area contributed by atoms with Gasteiger partial charge in [0.15, 0.2) is 0 Å². The van der Waals surface area contributed by atoms with Crippen molar-refractivity contribution in [3.8, 4) is 0 Å². The van der Waals surface area contributed by atoms with Crippen LogP contribution in [0.2, 0.25) is 5.02 Å². The van der Waals surface area contributed by atoms with Crippen molar-refractivity contribution in [2.75, 3.05) is 11.5 Å². The van der Waals surface area contributed by atoms with Crippen LogP contribution in [0.4, 0.5) is 5.95 Å². The lowest BCUT2D eigenvalue weighted by molar-refractivity contribution is 1.07. The normalized spacial score (nSPS) is 10.0. The van der Waals surface area contributed by atoms with Gasteiger partial charge in [0.1, 0.15) is 5.03 Å². The maximum Gasteiger partial charge on any atom is 0.221 e. The highest BCUT2D eigenvalue weighted by Gasteiger charge is 2.01. The fourth-order valence-corrected chi connectivity index (χ4v) is 1.48. The first-order valence-corrected chi connectivity index (χ1v) is 4.51. The van der Waals surface area contributed by atoms with Gasteiger partial charge in [0.2, 0.25) is 5.95 Å². The van der Waals surface area contributed by atoms with Gasteiger partial charge in [0.05, 0.1) is 11.2 Å². The first kappa shape index (κ1) is 8.62. The molecule has 0 saturated heterocycles. The van der Waals surface area contributed by atoms with Crippen LogP contribution in [0.1, 0.15) is 6.92 Å². The molecule has 0 spiro atoms. The average molecular weight is 190 g/mol. The minimum Gasteiger partial charge on any atom is -0.368 e. The van der Waals surface area contributed by atoms with E-state index in [1.807, 2.05) is 6.92 Å². The van der Waals surface area contributed by atoms with Crippen molar-refractivity contribution in [2.24, 2.45) is 0 Å². The summed E-state index contributed by atoms with van der Waals surface area (Å²) in [5.41, 5.74) is 5.36. The van der Waals surface area contributed by atoms with Gasteiger partial charge in [-0.15, -0.1) is 11.8 Å². The van der Waals surface area contributed by atoms with Crippen LogP contribution < -0.4 is 5.73 Å². The third-order valence-electron chi connectivity index (χ3n) is 1.01. The van der Waals surface area contributed by atoms with Crippen molar-refractivity contribution in [3.05, 3.63) is 11.2 Å². The fourth-order valence-electron chi connectivity index (χ4n) is 0.602. The zero-order valence-electron chi connectivity index (χ0n) is 6.04. The van der Waals surface area contributed by atoms with Crippen LogP contribution in [0.5, 0.6) is 0 Å². The molecule has 3 nitrogen and oxygen atoms in total. The Morgan fingerprint density at radius 1 is 1.73 bits per heavy atom. The fraction of sp³-hybridized carbons (Fsp3) is 0.333. The molecule has 2 N–H and O–H groups in total. The number of nitrogens with zero attached hydrogens (tertiary/aromatic N) is 2. The van der Waals surface area contributed by atoms with E-state index in [9.17, 15) is 0 Å². The smallest absolute Gasteiger partial charge is 0.221 e. The Kier molecular flexibility index (Phi) is 2.96. The summed E-state index contributed by atoms with van der Waals surface area (Å²) in [6.07, 6.45) is 1.52. The molecule has 0 radical (unpaired) electrons. The Labute approximate surface area is 74.4 Å². The van der Waals surface area contributed by atoms with Gasteiger partial charge in [-0.2, -0.15) is 0 Å². The van der Waals surface area contributed by atoms with Gasteiger partial charge in [-0.05, 0) is 5.75 Å². The number of halogens is 1. The summed E-state index contributed by atoms with van der Waals surface area (Å²) >= 11 is 7.33. The minimum absolute atomic E-state index is 0.269. The minimum atomic E-state index is 0.269. The summed E-state index contributed by atoms with van der Waals surface area (Å²) in [6, 6.07) is 0. The molecule has 1 aromatic rings. The molecule has 11 heavy (non-hydrogen) atoms. The number of thioether (sulfide) groups is 1. The van der Waals surface area contributed by atoms with Crippen molar-refractivity contribution in [1.29, 1.82) is 0 Å². The van der Waals surface area contributed by atoms with Gasteiger partial charge in [0.25, 0.3) is 0 Å². The van der Waals surface area contributed by atoms with Gasteiger partial charge in [0, 0.05) is 0 Å². The number of aromatic nitrogens is 2. The Bertz CT molecular complexity index is 254. The van der Waals surface area contributed by atoms with Crippen LogP contribution in [0.3, 0.4) is 0 Å². The molecule has 0 amide bonds. The zero-order valence-corrected chi connectivity index (χ0v) is 7.61. The topological polar surface area (TPSA) is 51.8 Å². The van der Waals surface area contributed by atoms with Crippen molar-refractivity contribution >= 4 is 29.3 Å². The lowest BCUT2D eigenvalue weighted by atomic mass is 10.7. The molecule has 1 rings (SSSR count). The first-order chi connectivity index (χ1) is 5.24. The lowest BCUT2D eigenvalue weighted by Crippen LogP contribution is -1.95. The number of hydrogen-bond acceptors (Lipinski definition) is 4. The molecule has 0 aliphatic rings. The van der Waals surface area contributed by atoms with Crippen molar-refractivity contribution in [1.82, 2.24) is 9.97 Å². The summed E-state index contributed by atoms with van der Waals surface area (Å²) in [6.45, 7) is 2.03. The van der Waals surface area contributed by atoms with Crippen LogP contribution in [-0.4, -0.2) is 15.7 Å². The molecule has 0 bridgehead atoms. The molecule has 0 aliphatic carbocycles. The molecule has 0 unspecified atom stereocenters. The summed E-state index contributed by atoms with van der Waals surface area (Å²) < 4.78 is 0. The van der Waals surface area contributed by atoms with Crippen molar-refractivity contribution in [3.63, 3.8) is 0 Å². The average Bonchev–Trinajstić information content (AvgIpc) is 1.98. The van der Waals surface area contributed by atoms with Gasteiger partial charge in [-0.3, -0.25) is 0 Å². The van der Waals surface area contributed by atoms with Gasteiger partial charge >= 0.3 is 0 Å². The van der Waals surface area contributed by atoms with Crippen molar-refractivity contribution < 1.29 is 0 Å². The Morgan fingerprint density at radius 3 is 3.09 bits per heavy atom. The Balaban J connectivity index is 2.93. The molecule has 1 aromatic heterocycles. The molecule has 0 saturated carbocycles. The Hall–Kier alpha value is -0.480. The highest BCUT2D eigenvalue weighted by atomic mass is 35.5. The summed E-state index contributed by atoms with van der Waals surface area (Å²) in [5, 5.41) is 1.31. The second-order valence-corrected chi connectivity index (χ2v) is 3.47. The molecule has 5 heteroatoms. The molecule has 60 valence electrons. The SMILES string of the molecule is CCSc1nc(N)ncc1Cl. The summed E-state index contributed by atoms with van der Waals surface area (Å²) in [7, 11) is 0. The van der Waals surface area contributed by atoms with Crippen LogP contribution >= 0.6 is 23.4 Å². The van der Waals surface area contributed by atoms with E-state index in [1.165, 1.54) is 6.20 Å². The Morgan fingerprint density at radius 2 is 2.45 bits per heavy atom. The lowest BCUT2D eigenvalue weighted by Gasteiger charge is -1.99. The highest BCUT2D eigenvalue weighted by molar-refractivity contribution is 7.99. The van der Waals surface area contributed by atoms with E-state index in [2.05, 4.69) is 9.97 Å². The molecule has 0 atom stereocenters. The van der Waals surface area contributed by atoms with Crippen molar-refractivity contribution in [2.45, 2.75) is 11.9 Å². The van der Waals surface area contributed by atoms with Gasteiger partial charge in [-0.1, -0.05) is 18.5 Å². The number of hydrogen-bond donors (Lipinski definition) is 1. The van der Waals surface area contributed by atoms with E-state index in [0.29, 0.717) is 5.02 Å². The van der Waals surface area contributed by atoms with Crippen LogP contribution in [0.15, 0.2) is 11.2 Å². The zero-order chi connectivity index (χ0) is 8.27. The van der Waals surface area contributed by atoms with Crippen LogP contribution in [0.25, 0.3) is 0 Å². The third kappa shape index (κ3) is 2.24. The van der Waals surface area contributed by atoms with E-state index in [4.69, 9.17) is 17.3 Å². The molecule has 0 aromatic carbocycles. The molecule has 1 heterocycles. The highest BCUT2D eigenvalue weighted by Crippen LogP contribution is 2.23.